The molecule has 2 rings (SSSR count). The highest BCUT2D eigenvalue weighted by atomic mass is 32.2. The Bertz CT molecular complexity index is 640. The summed E-state index contributed by atoms with van der Waals surface area (Å²) in [6.45, 7) is 4.95. The molecule has 5 nitrogen and oxygen atoms in total. The molecule has 148 valence electrons. The molecule has 1 aliphatic rings. The number of carbonyl (C=O) groups excluding carboxylic acids is 2. The van der Waals surface area contributed by atoms with E-state index in [0.29, 0.717) is 0 Å². The van der Waals surface area contributed by atoms with Gasteiger partial charge in [0.05, 0.1) is 0 Å². The Balaban J connectivity index is 1.89. The molecule has 0 saturated heterocycles. The van der Waals surface area contributed by atoms with Crippen LogP contribution in [-0.2, 0) is 36.0 Å². The Morgan fingerprint density at radius 3 is 2.41 bits per heavy atom. The summed E-state index contributed by atoms with van der Waals surface area (Å²) in [5.74, 6) is 0.0270. The number of hydrogen-bond donors (Lipinski definition) is 0. The van der Waals surface area contributed by atoms with E-state index in [1.807, 2.05) is 12.2 Å². The second-order valence-corrected chi connectivity index (χ2v) is 7.62. The lowest BCUT2D eigenvalue weighted by Crippen LogP contribution is -2.40. The first-order valence-electron chi connectivity index (χ1n) is 9.31. The minimum absolute atomic E-state index is 0.0564. The standard InChI is InChI=1S/C21H28O5S/c1-4-5-6-17-7-9-18(10-8-17)14-27-21-12-11-19(25-16(3)23)20(26-21)13-24-15(2)22/h7-12,19-21H,4-6,13-14H2,1-3H3/t19-,20+,21?/m0/s1. The summed E-state index contributed by atoms with van der Waals surface area (Å²) in [6, 6.07) is 8.68. The number of esters is 2. The van der Waals surface area contributed by atoms with Crippen LogP contribution in [0.5, 0.6) is 0 Å². The molecule has 1 heterocycles. The summed E-state index contributed by atoms with van der Waals surface area (Å²) in [5.41, 5.74) is 2.41. The van der Waals surface area contributed by atoms with Crippen LogP contribution in [0.1, 0.15) is 44.7 Å². The molecule has 0 radical (unpaired) electrons. The fourth-order valence-electron chi connectivity index (χ4n) is 2.72. The van der Waals surface area contributed by atoms with E-state index in [4.69, 9.17) is 14.2 Å². The van der Waals surface area contributed by atoms with Gasteiger partial charge in [0, 0.05) is 19.6 Å². The molecule has 27 heavy (non-hydrogen) atoms. The highest BCUT2D eigenvalue weighted by Gasteiger charge is 2.30. The van der Waals surface area contributed by atoms with E-state index in [1.165, 1.54) is 37.8 Å². The summed E-state index contributed by atoms with van der Waals surface area (Å²) in [6.07, 6.45) is 6.18. The van der Waals surface area contributed by atoms with Gasteiger partial charge in [-0.05, 0) is 36.1 Å². The lowest BCUT2D eigenvalue weighted by Gasteiger charge is -2.31. The number of aryl methyl sites for hydroxylation is 1. The maximum absolute atomic E-state index is 11.3. The zero-order chi connectivity index (χ0) is 19.6. The molecule has 0 spiro atoms. The van der Waals surface area contributed by atoms with Gasteiger partial charge in [0.25, 0.3) is 0 Å². The van der Waals surface area contributed by atoms with Crippen molar-refractivity contribution in [3.63, 3.8) is 0 Å². The van der Waals surface area contributed by atoms with E-state index in [2.05, 4.69) is 31.2 Å². The molecule has 1 aliphatic heterocycles. The highest BCUT2D eigenvalue weighted by molar-refractivity contribution is 7.99. The minimum Gasteiger partial charge on any atom is -0.463 e. The van der Waals surface area contributed by atoms with Crippen LogP contribution in [0.4, 0.5) is 0 Å². The van der Waals surface area contributed by atoms with E-state index >= 15 is 0 Å². The SMILES string of the molecule is CCCCc1ccc(CSC2C=C[C@H](OC(C)=O)[C@@H](COC(C)=O)O2)cc1. The zero-order valence-corrected chi connectivity index (χ0v) is 17.0. The Morgan fingerprint density at radius 2 is 1.78 bits per heavy atom. The lowest BCUT2D eigenvalue weighted by molar-refractivity contribution is -0.160. The Hall–Kier alpha value is -1.79. The fraction of sp³-hybridized carbons (Fsp3) is 0.524. The van der Waals surface area contributed by atoms with Crippen molar-refractivity contribution in [1.29, 1.82) is 0 Å². The van der Waals surface area contributed by atoms with Crippen molar-refractivity contribution in [2.24, 2.45) is 0 Å². The normalized spacial score (nSPS) is 21.7. The van der Waals surface area contributed by atoms with E-state index in [0.717, 1.165) is 12.2 Å². The first-order valence-corrected chi connectivity index (χ1v) is 10.4. The van der Waals surface area contributed by atoms with Gasteiger partial charge >= 0.3 is 11.9 Å². The largest absolute Gasteiger partial charge is 0.463 e. The van der Waals surface area contributed by atoms with Crippen molar-refractivity contribution in [3.8, 4) is 0 Å². The number of carbonyl (C=O) groups is 2. The van der Waals surface area contributed by atoms with Crippen molar-refractivity contribution in [2.75, 3.05) is 6.61 Å². The first kappa shape index (κ1) is 21.5. The second-order valence-electron chi connectivity index (χ2n) is 6.54. The van der Waals surface area contributed by atoms with Crippen LogP contribution in [0.2, 0.25) is 0 Å². The van der Waals surface area contributed by atoms with Crippen LogP contribution in [0.25, 0.3) is 0 Å². The van der Waals surface area contributed by atoms with Crippen LogP contribution in [-0.4, -0.2) is 36.2 Å². The van der Waals surface area contributed by atoms with E-state index in [-0.39, 0.29) is 18.0 Å². The molecular weight excluding hydrogens is 364 g/mol. The molecular formula is C21H28O5S. The molecule has 0 N–H and O–H groups in total. The average molecular weight is 393 g/mol. The van der Waals surface area contributed by atoms with Crippen molar-refractivity contribution >= 4 is 23.7 Å². The number of hydrogen-bond acceptors (Lipinski definition) is 6. The van der Waals surface area contributed by atoms with Gasteiger partial charge in [-0.1, -0.05) is 37.6 Å². The Labute approximate surface area is 165 Å². The van der Waals surface area contributed by atoms with Gasteiger partial charge in [-0.15, -0.1) is 11.8 Å². The van der Waals surface area contributed by atoms with Crippen molar-refractivity contribution in [1.82, 2.24) is 0 Å². The molecule has 0 aromatic heterocycles. The molecule has 0 amide bonds. The zero-order valence-electron chi connectivity index (χ0n) is 16.2. The van der Waals surface area contributed by atoms with Gasteiger partial charge < -0.3 is 14.2 Å². The summed E-state index contributed by atoms with van der Waals surface area (Å²) in [5, 5.41) is 0. The molecule has 6 heteroatoms. The van der Waals surface area contributed by atoms with E-state index in [9.17, 15) is 9.59 Å². The van der Waals surface area contributed by atoms with Crippen LogP contribution >= 0.6 is 11.8 Å². The van der Waals surface area contributed by atoms with Crippen molar-refractivity contribution in [3.05, 3.63) is 47.5 Å². The van der Waals surface area contributed by atoms with Crippen LogP contribution in [0.3, 0.4) is 0 Å². The first-order chi connectivity index (χ1) is 13.0. The summed E-state index contributed by atoms with van der Waals surface area (Å²) in [7, 11) is 0. The maximum Gasteiger partial charge on any atom is 0.303 e. The predicted octanol–water partition coefficient (Wildman–Crippen LogP) is 4.04. The van der Waals surface area contributed by atoms with E-state index in [1.54, 1.807) is 11.8 Å². The van der Waals surface area contributed by atoms with Gasteiger partial charge in [-0.3, -0.25) is 9.59 Å². The molecule has 1 aromatic carbocycles. The number of unbranched alkanes of at least 4 members (excludes halogenated alkanes) is 1. The molecule has 3 atom stereocenters. The topological polar surface area (TPSA) is 61.8 Å². The lowest BCUT2D eigenvalue weighted by atomic mass is 10.1. The van der Waals surface area contributed by atoms with Crippen LogP contribution < -0.4 is 0 Å². The summed E-state index contributed by atoms with van der Waals surface area (Å²) < 4.78 is 16.3. The average Bonchev–Trinajstić information content (AvgIpc) is 2.64. The molecule has 0 saturated carbocycles. The number of benzene rings is 1. The Morgan fingerprint density at radius 1 is 1.07 bits per heavy atom. The second kappa shape index (κ2) is 11.1. The predicted molar refractivity (Wildman–Crippen MR) is 106 cm³/mol. The van der Waals surface area contributed by atoms with Crippen molar-refractivity contribution in [2.45, 2.75) is 63.4 Å². The van der Waals surface area contributed by atoms with Crippen LogP contribution in [0.15, 0.2) is 36.4 Å². The fourth-order valence-corrected chi connectivity index (χ4v) is 3.69. The molecule has 1 aromatic rings. The minimum atomic E-state index is -0.545. The van der Waals surface area contributed by atoms with Gasteiger partial charge in [0.1, 0.15) is 24.3 Å². The van der Waals surface area contributed by atoms with Gasteiger partial charge in [-0.25, -0.2) is 0 Å². The quantitative estimate of drug-likeness (QED) is 0.467. The third-order valence-corrected chi connectivity index (χ3v) is 5.24. The number of ether oxygens (including phenoxy) is 3. The molecule has 0 bridgehead atoms. The maximum atomic E-state index is 11.3. The monoisotopic (exact) mass is 392 g/mol. The van der Waals surface area contributed by atoms with Crippen molar-refractivity contribution < 1.29 is 23.8 Å². The van der Waals surface area contributed by atoms with Gasteiger partial charge in [-0.2, -0.15) is 0 Å². The smallest absolute Gasteiger partial charge is 0.303 e. The van der Waals surface area contributed by atoms with Gasteiger partial charge in [0.15, 0.2) is 0 Å². The summed E-state index contributed by atoms with van der Waals surface area (Å²) >= 11 is 1.64. The highest BCUT2D eigenvalue weighted by Crippen LogP contribution is 2.27. The Kier molecular flexibility index (Phi) is 8.88. The number of rotatable bonds is 9. The summed E-state index contributed by atoms with van der Waals surface area (Å²) in [4.78, 5) is 22.3. The number of thioether (sulfide) groups is 1. The third-order valence-electron chi connectivity index (χ3n) is 4.14. The third kappa shape index (κ3) is 7.77. The van der Waals surface area contributed by atoms with E-state index < -0.39 is 18.2 Å². The molecule has 0 fully saturated rings. The molecule has 0 aliphatic carbocycles. The van der Waals surface area contributed by atoms with Gasteiger partial charge in [0.2, 0.25) is 0 Å². The van der Waals surface area contributed by atoms with Crippen LogP contribution in [0, 0.1) is 0 Å². The molecule has 1 unspecified atom stereocenters.